The largest absolute Gasteiger partial charge is 0.399 e. The van der Waals surface area contributed by atoms with Crippen LogP contribution in [0.5, 0.6) is 0 Å². The van der Waals surface area contributed by atoms with E-state index in [-0.39, 0.29) is 0 Å². The number of anilines is 2. The first-order valence-electron chi connectivity index (χ1n) is 4.77. The molecule has 1 heterocycles. The highest BCUT2D eigenvalue weighted by molar-refractivity contribution is 6.29. The van der Waals surface area contributed by atoms with Crippen molar-refractivity contribution in [3.05, 3.63) is 17.3 Å². The molecule has 1 atom stereocenters. The molecule has 1 aromatic heterocycles. The van der Waals surface area contributed by atoms with Crippen molar-refractivity contribution in [2.75, 3.05) is 31.3 Å². The van der Waals surface area contributed by atoms with Crippen LogP contribution in [0.15, 0.2) is 12.1 Å². The number of pyridine rings is 1. The summed E-state index contributed by atoms with van der Waals surface area (Å²) >= 11 is 5.77. The molecule has 1 aromatic rings. The molecule has 15 heavy (non-hydrogen) atoms. The summed E-state index contributed by atoms with van der Waals surface area (Å²) in [7, 11) is 1.69. The quantitative estimate of drug-likeness (QED) is 0.759. The molecular formula is C10H16ClN3O. The number of nitrogens with one attached hydrogen (secondary N) is 1. The number of halogens is 1. The van der Waals surface area contributed by atoms with Crippen LogP contribution in [-0.2, 0) is 4.74 Å². The third-order valence-corrected chi connectivity index (χ3v) is 2.09. The summed E-state index contributed by atoms with van der Waals surface area (Å²) in [6.45, 7) is 3.58. The lowest BCUT2D eigenvalue weighted by Gasteiger charge is -2.12. The SMILES string of the molecule is COCC(C)CNc1cc(N)cc(Cl)n1. The molecular weight excluding hydrogens is 214 g/mol. The number of nitrogens with zero attached hydrogens (tertiary/aromatic N) is 1. The monoisotopic (exact) mass is 229 g/mol. The standard InChI is InChI=1S/C10H16ClN3O/c1-7(6-15-2)5-13-10-4-8(12)3-9(11)14-10/h3-4,7H,5-6H2,1-2H3,(H3,12,13,14). The maximum atomic E-state index is 5.77. The summed E-state index contributed by atoms with van der Waals surface area (Å²) in [6.07, 6.45) is 0. The molecule has 0 saturated carbocycles. The van der Waals surface area contributed by atoms with Crippen LogP contribution in [0.1, 0.15) is 6.92 Å². The first-order chi connectivity index (χ1) is 7.11. The van der Waals surface area contributed by atoms with Gasteiger partial charge in [0.1, 0.15) is 11.0 Å². The molecule has 0 saturated heterocycles. The van der Waals surface area contributed by atoms with Gasteiger partial charge in [0.25, 0.3) is 0 Å². The van der Waals surface area contributed by atoms with Crippen LogP contribution in [0.3, 0.4) is 0 Å². The van der Waals surface area contributed by atoms with E-state index in [1.54, 1.807) is 19.2 Å². The summed E-state index contributed by atoms with van der Waals surface area (Å²) in [5.41, 5.74) is 6.24. The van der Waals surface area contributed by atoms with Crippen molar-refractivity contribution >= 4 is 23.1 Å². The van der Waals surface area contributed by atoms with Crippen molar-refractivity contribution in [3.63, 3.8) is 0 Å². The van der Waals surface area contributed by atoms with E-state index in [1.807, 2.05) is 0 Å². The fourth-order valence-corrected chi connectivity index (χ4v) is 1.45. The van der Waals surface area contributed by atoms with Gasteiger partial charge in [0, 0.05) is 25.4 Å². The number of ether oxygens (including phenoxy) is 1. The van der Waals surface area contributed by atoms with E-state index in [0.717, 1.165) is 6.54 Å². The van der Waals surface area contributed by atoms with E-state index in [1.165, 1.54) is 0 Å². The minimum atomic E-state index is 0.400. The minimum Gasteiger partial charge on any atom is -0.399 e. The summed E-state index contributed by atoms with van der Waals surface area (Å²) in [6, 6.07) is 3.37. The van der Waals surface area contributed by atoms with Crippen molar-refractivity contribution in [2.45, 2.75) is 6.92 Å². The zero-order valence-electron chi connectivity index (χ0n) is 8.96. The average Bonchev–Trinajstić information content (AvgIpc) is 2.14. The van der Waals surface area contributed by atoms with E-state index < -0.39 is 0 Å². The molecule has 0 aromatic carbocycles. The molecule has 4 nitrogen and oxygen atoms in total. The first-order valence-corrected chi connectivity index (χ1v) is 5.15. The number of aromatic nitrogens is 1. The Morgan fingerprint density at radius 1 is 1.60 bits per heavy atom. The number of hydrogen-bond acceptors (Lipinski definition) is 4. The second-order valence-corrected chi connectivity index (χ2v) is 3.94. The molecule has 0 aliphatic heterocycles. The van der Waals surface area contributed by atoms with Crippen molar-refractivity contribution in [1.29, 1.82) is 0 Å². The Bertz CT molecular complexity index is 299. The highest BCUT2D eigenvalue weighted by Gasteiger charge is 2.03. The Balaban J connectivity index is 2.50. The van der Waals surface area contributed by atoms with Gasteiger partial charge in [-0.2, -0.15) is 0 Å². The zero-order valence-corrected chi connectivity index (χ0v) is 9.71. The van der Waals surface area contributed by atoms with Crippen LogP contribution < -0.4 is 11.1 Å². The molecule has 0 bridgehead atoms. The summed E-state index contributed by atoms with van der Waals surface area (Å²) < 4.78 is 5.03. The molecule has 0 radical (unpaired) electrons. The predicted octanol–water partition coefficient (Wildman–Crippen LogP) is 2.01. The maximum Gasteiger partial charge on any atom is 0.133 e. The fourth-order valence-electron chi connectivity index (χ4n) is 1.23. The molecule has 0 amide bonds. The highest BCUT2D eigenvalue weighted by Crippen LogP contribution is 2.15. The maximum absolute atomic E-state index is 5.77. The van der Waals surface area contributed by atoms with Crippen LogP contribution in [0.25, 0.3) is 0 Å². The Morgan fingerprint density at radius 3 is 2.93 bits per heavy atom. The van der Waals surface area contributed by atoms with Crippen LogP contribution in [0, 0.1) is 5.92 Å². The molecule has 84 valence electrons. The van der Waals surface area contributed by atoms with Gasteiger partial charge in [-0.25, -0.2) is 4.98 Å². The molecule has 3 N–H and O–H groups in total. The van der Waals surface area contributed by atoms with Crippen molar-refractivity contribution in [2.24, 2.45) is 5.92 Å². The van der Waals surface area contributed by atoms with Gasteiger partial charge in [-0.15, -0.1) is 0 Å². The Hall–Kier alpha value is -1.00. The van der Waals surface area contributed by atoms with Gasteiger partial charge >= 0.3 is 0 Å². The molecule has 1 unspecified atom stereocenters. The second-order valence-electron chi connectivity index (χ2n) is 3.55. The molecule has 0 aliphatic rings. The van der Waals surface area contributed by atoms with Crippen molar-refractivity contribution in [3.8, 4) is 0 Å². The van der Waals surface area contributed by atoms with Gasteiger partial charge in [0.2, 0.25) is 0 Å². The normalized spacial score (nSPS) is 12.5. The topological polar surface area (TPSA) is 60.2 Å². The minimum absolute atomic E-state index is 0.400. The van der Waals surface area contributed by atoms with Gasteiger partial charge in [0.15, 0.2) is 0 Å². The van der Waals surface area contributed by atoms with E-state index in [2.05, 4.69) is 17.2 Å². The number of rotatable bonds is 5. The van der Waals surface area contributed by atoms with Gasteiger partial charge in [-0.1, -0.05) is 18.5 Å². The smallest absolute Gasteiger partial charge is 0.133 e. The number of hydrogen-bond donors (Lipinski definition) is 2. The lowest BCUT2D eigenvalue weighted by atomic mass is 10.2. The van der Waals surface area contributed by atoms with Crippen molar-refractivity contribution < 1.29 is 4.74 Å². The Kier molecular flexibility index (Phi) is 4.65. The Labute approximate surface area is 94.8 Å². The van der Waals surface area contributed by atoms with E-state index >= 15 is 0 Å². The molecule has 5 heteroatoms. The summed E-state index contributed by atoms with van der Waals surface area (Å²) in [4.78, 5) is 4.10. The van der Waals surface area contributed by atoms with E-state index in [0.29, 0.717) is 29.2 Å². The fraction of sp³-hybridized carbons (Fsp3) is 0.500. The predicted molar refractivity (Wildman–Crippen MR) is 63.2 cm³/mol. The zero-order chi connectivity index (χ0) is 11.3. The molecule has 0 spiro atoms. The van der Waals surface area contributed by atoms with E-state index in [4.69, 9.17) is 22.1 Å². The molecule has 1 rings (SSSR count). The Morgan fingerprint density at radius 2 is 2.33 bits per heavy atom. The van der Waals surface area contributed by atoms with Gasteiger partial charge < -0.3 is 15.8 Å². The molecule has 0 fully saturated rings. The summed E-state index contributed by atoms with van der Waals surface area (Å²) in [5, 5.41) is 3.56. The number of nitrogens with two attached hydrogens (primary N) is 1. The van der Waals surface area contributed by atoms with Gasteiger partial charge in [-0.3, -0.25) is 0 Å². The van der Waals surface area contributed by atoms with Crippen molar-refractivity contribution in [1.82, 2.24) is 4.98 Å². The highest BCUT2D eigenvalue weighted by atomic mass is 35.5. The third kappa shape index (κ3) is 4.36. The van der Waals surface area contributed by atoms with Gasteiger partial charge in [0.05, 0.1) is 6.61 Å². The second kappa shape index (κ2) is 5.78. The first kappa shape index (κ1) is 12.1. The molecule has 0 aliphatic carbocycles. The van der Waals surface area contributed by atoms with E-state index in [9.17, 15) is 0 Å². The van der Waals surface area contributed by atoms with Crippen LogP contribution >= 0.6 is 11.6 Å². The summed E-state index contributed by atoms with van der Waals surface area (Å²) in [5.74, 6) is 1.11. The van der Waals surface area contributed by atoms with Crippen LogP contribution in [0.4, 0.5) is 11.5 Å². The average molecular weight is 230 g/mol. The lowest BCUT2D eigenvalue weighted by molar-refractivity contribution is 0.164. The van der Waals surface area contributed by atoms with Crippen LogP contribution in [0.2, 0.25) is 5.15 Å². The van der Waals surface area contributed by atoms with Crippen LogP contribution in [-0.4, -0.2) is 25.2 Å². The number of methoxy groups -OCH3 is 1. The third-order valence-electron chi connectivity index (χ3n) is 1.90. The van der Waals surface area contributed by atoms with Gasteiger partial charge in [-0.05, 0) is 12.0 Å². The lowest BCUT2D eigenvalue weighted by Crippen LogP contribution is -2.16. The number of nitrogen functional groups attached to an aromatic ring is 1.